The van der Waals surface area contributed by atoms with Gasteiger partial charge in [-0.05, 0) is 123 Å². The van der Waals surface area contributed by atoms with Crippen LogP contribution in [0.25, 0.3) is 0 Å². The van der Waals surface area contributed by atoms with Crippen LogP contribution in [0.1, 0.15) is 202 Å². The Labute approximate surface area is 374 Å². The van der Waals surface area contributed by atoms with Crippen LogP contribution in [0, 0.1) is 46.3 Å². The van der Waals surface area contributed by atoms with E-state index in [2.05, 4.69) is 70.1 Å². The number of unbranched alkanes of at least 4 members (excludes halogenated alkanes) is 12. The number of carbonyl (C=O) groups is 1. The van der Waals surface area contributed by atoms with Crippen LogP contribution in [-0.2, 0) is 20.8 Å². The number of hydrogen-bond acceptors (Lipinski definition) is 5. The zero-order valence-electron chi connectivity index (χ0n) is 40.3. The van der Waals surface area contributed by atoms with Crippen LogP contribution in [0.5, 0.6) is 0 Å². The minimum absolute atomic E-state index is 0.0442. The highest BCUT2D eigenvalue weighted by Gasteiger charge is 2.59. The fraction of sp³-hybridized carbons (Fsp3) is 0.852. The lowest BCUT2D eigenvalue weighted by Gasteiger charge is -2.58. The summed E-state index contributed by atoms with van der Waals surface area (Å²) < 4.78 is 20.4. The van der Waals surface area contributed by atoms with Gasteiger partial charge in [0.15, 0.2) is 0 Å². The highest BCUT2D eigenvalue weighted by Crippen LogP contribution is 2.67. The summed E-state index contributed by atoms with van der Waals surface area (Å²) in [6.45, 7) is 17.7. The smallest absolute Gasteiger partial charge is 0.407 e. The molecule has 0 bridgehead atoms. The molecule has 3 fully saturated rings. The quantitative estimate of drug-likeness (QED) is 0.0617. The summed E-state index contributed by atoms with van der Waals surface area (Å²) in [5.41, 5.74) is 2.34. The van der Waals surface area contributed by atoms with E-state index < -0.39 is 0 Å². The van der Waals surface area contributed by atoms with Gasteiger partial charge in [0.1, 0.15) is 6.10 Å². The molecule has 61 heavy (non-hydrogen) atoms. The average Bonchev–Trinajstić information content (AvgIpc) is 3.89. The first-order valence-electron chi connectivity index (χ1n) is 26.1. The Morgan fingerprint density at radius 2 is 1.61 bits per heavy atom. The number of imidazole rings is 1. The van der Waals surface area contributed by atoms with E-state index in [-0.39, 0.29) is 23.7 Å². The Kier molecular flexibility index (Phi) is 21.8. The minimum atomic E-state index is -0.318. The lowest BCUT2D eigenvalue weighted by molar-refractivity contribution is -0.0582. The molecule has 0 saturated heterocycles. The molecule has 1 N–H and O–H groups in total. The van der Waals surface area contributed by atoms with E-state index in [1.54, 1.807) is 11.8 Å². The number of nitrogens with one attached hydrogen (secondary N) is 1. The molecule has 7 heteroatoms. The molecule has 0 radical (unpaired) electrons. The van der Waals surface area contributed by atoms with Gasteiger partial charge in [-0.1, -0.05) is 142 Å². The van der Waals surface area contributed by atoms with Crippen molar-refractivity contribution in [2.45, 2.75) is 221 Å². The molecular weight excluding hydrogens is 755 g/mol. The highest BCUT2D eigenvalue weighted by molar-refractivity contribution is 5.67. The van der Waals surface area contributed by atoms with Crippen molar-refractivity contribution >= 4 is 6.09 Å². The molecule has 5 rings (SSSR count). The van der Waals surface area contributed by atoms with Gasteiger partial charge in [-0.15, -0.1) is 0 Å². The summed E-state index contributed by atoms with van der Waals surface area (Å²) >= 11 is 0. The molecule has 1 aromatic heterocycles. The third-order valence-electron chi connectivity index (χ3n) is 16.3. The first kappa shape index (κ1) is 49.9. The molecule has 1 heterocycles. The molecule has 0 spiro atoms. The Morgan fingerprint density at radius 1 is 0.869 bits per heavy atom. The fourth-order valence-corrected chi connectivity index (χ4v) is 12.8. The number of alkyl carbamates (subject to hydrolysis) is 1. The third-order valence-corrected chi connectivity index (χ3v) is 16.3. The predicted molar refractivity (Wildman–Crippen MR) is 254 cm³/mol. The van der Waals surface area contributed by atoms with Crippen LogP contribution in [-0.4, -0.2) is 54.2 Å². The largest absolute Gasteiger partial charge is 0.446 e. The zero-order chi connectivity index (χ0) is 43.3. The van der Waals surface area contributed by atoms with Crippen molar-refractivity contribution in [2.75, 3.05) is 26.4 Å². The topological polar surface area (TPSA) is 74.6 Å². The number of nitrogens with zero attached hydrogens (tertiary/aromatic N) is 2. The van der Waals surface area contributed by atoms with Gasteiger partial charge in [0.25, 0.3) is 0 Å². The van der Waals surface area contributed by atoms with Gasteiger partial charge in [-0.25, -0.2) is 9.78 Å². The number of allylic oxidation sites excluding steroid dienone is 3. The molecule has 348 valence electrons. The molecule has 4 aliphatic rings. The first-order chi connectivity index (χ1) is 29.6. The van der Waals surface area contributed by atoms with Crippen molar-refractivity contribution in [1.29, 1.82) is 0 Å². The van der Waals surface area contributed by atoms with E-state index in [4.69, 9.17) is 14.2 Å². The lowest BCUT2D eigenvalue weighted by atomic mass is 9.47. The molecule has 7 nitrogen and oxygen atoms in total. The number of fused-ring (bicyclic) bond motifs is 5. The maximum Gasteiger partial charge on any atom is 0.407 e. The Hall–Kier alpha value is -2.12. The van der Waals surface area contributed by atoms with E-state index in [1.165, 1.54) is 135 Å². The number of amides is 1. The predicted octanol–water partition coefficient (Wildman–Crippen LogP) is 14.5. The number of carbonyl (C=O) groups excluding carboxylic acids is 1. The number of rotatable bonds is 30. The first-order valence-corrected chi connectivity index (χ1v) is 26.1. The summed E-state index contributed by atoms with van der Waals surface area (Å²) in [7, 11) is 0. The normalized spacial score (nSPS) is 28.3. The van der Waals surface area contributed by atoms with Crippen LogP contribution in [0.4, 0.5) is 4.79 Å². The maximum absolute atomic E-state index is 13.0. The standard InChI is InChI=1S/C54H93N3O4/c1-7-8-9-10-11-12-13-14-15-16-17-18-19-20-21-22-37-59-41-47(40-57-36-34-55-42-57)60-38-35-56-52(58)61-46-30-32-53(5)45(39-46)26-27-48-50-29-28-49(44(4)25-23-24-43(2)3)54(50,6)33-31-51(48)53/h14-15,26,34,36,42-44,46-51H,7-13,16-25,27-33,35,37-41H2,1-6H3,(H,56,58)/t44?,46-,47?,48?,49?,50?,51?,53-,54+/m0/s1. The van der Waals surface area contributed by atoms with E-state index in [0.29, 0.717) is 31.7 Å². The minimum Gasteiger partial charge on any atom is -0.446 e. The molecule has 6 unspecified atom stereocenters. The van der Waals surface area contributed by atoms with Gasteiger partial charge in [-0.3, -0.25) is 0 Å². The maximum atomic E-state index is 13.0. The Balaban J connectivity index is 0.938. The molecule has 0 aliphatic heterocycles. The van der Waals surface area contributed by atoms with Gasteiger partial charge in [0.2, 0.25) is 0 Å². The second-order valence-electron chi connectivity index (χ2n) is 21.3. The zero-order valence-corrected chi connectivity index (χ0v) is 40.3. The Morgan fingerprint density at radius 3 is 2.33 bits per heavy atom. The van der Waals surface area contributed by atoms with Gasteiger partial charge >= 0.3 is 6.09 Å². The van der Waals surface area contributed by atoms with Crippen molar-refractivity contribution in [2.24, 2.45) is 46.3 Å². The molecule has 0 aromatic carbocycles. The second-order valence-corrected chi connectivity index (χ2v) is 21.3. The summed E-state index contributed by atoms with van der Waals surface area (Å²) in [4.78, 5) is 17.2. The summed E-state index contributed by atoms with van der Waals surface area (Å²) in [6.07, 6.45) is 44.8. The SMILES string of the molecule is CCCCCCCCC=CCCCCCCCCOCC(Cn1ccnc1)OCCNC(=O)O[C@H]1CC[C@@]2(C)C(=CCC3C4CCC(C(C)CCCC(C)C)[C@@]4(C)CCC32)C1. The fourth-order valence-electron chi connectivity index (χ4n) is 12.8. The molecule has 1 aromatic rings. The van der Waals surface area contributed by atoms with Gasteiger partial charge in [0.05, 0.1) is 32.2 Å². The van der Waals surface area contributed by atoms with Gasteiger partial charge < -0.3 is 24.1 Å². The highest BCUT2D eigenvalue weighted by atomic mass is 16.6. The average molecular weight is 848 g/mol. The third kappa shape index (κ3) is 15.5. The molecule has 3 saturated carbocycles. The molecule has 1 amide bonds. The van der Waals surface area contributed by atoms with E-state index in [9.17, 15) is 4.79 Å². The number of hydrogen-bond donors (Lipinski definition) is 1. The van der Waals surface area contributed by atoms with Crippen molar-refractivity contribution in [1.82, 2.24) is 14.9 Å². The van der Waals surface area contributed by atoms with Gasteiger partial charge in [-0.2, -0.15) is 0 Å². The van der Waals surface area contributed by atoms with Gasteiger partial charge in [0, 0.05) is 32.0 Å². The van der Waals surface area contributed by atoms with Crippen LogP contribution < -0.4 is 5.32 Å². The van der Waals surface area contributed by atoms with Crippen LogP contribution in [0.15, 0.2) is 42.5 Å². The van der Waals surface area contributed by atoms with Crippen LogP contribution in [0.3, 0.4) is 0 Å². The van der Waals surface area contributed by atoms with Crippen molar-refractivity contribution in [3.63, 3.8) is 0 Å². The van der Waals surface area contributed by atoms with E-state index >= 15 is 0 Å². The summed E-state index contributed by atoms with van der Waals surface area (Å²) in [6, 6.07) is 0. The van der Waals surface area contributed by atoms with Crippen molar-refractivity contribution in [3.8, 4) is 0 Å². The number of aromatic nitrogens is 2. The monoisotopic (exact) mass is 848 g/mol. The van der Waals surface area contributed by atoms with Crippen LogP contribution >= 0.6 is 0 Å². The summed E-state index contributed by atoms with van der Waals surface area (Å²) in [5.74, 6) is 5.02. The van der Waals surface area contributed by atoms with Crippen LogP contribution in [0.2, 0.25) is 0 Å². The van der Waals surface area contributed by atoms with E-state index in [1.807, 2.05) is 17.1 Å². The molecular formula is C54H93N3O4. The summed E-state index contributed by atoms with van der Waals surface area (Å²) in [5, 5.41) is 2.99. The molecule has 4 aliphatic carbocycles. The Bertz CT molecular complexity index is 1410. The van der Waals surface area contributed by atoms with Crippen molar-refractivity contribution < 1.29 is 19.0 Å². The number of ether oxygens (including phenoxy) is 3. The second kappa shape index (κ2) is 26.6. The lowest BCUT2D eigenvalue weighted by Crippen LogP contribution is -2.51. The van der Waals surface area contributed by atoms with E-state index in [0.717, 1.165) is 67.8 Å². The molecule has 9 atom stereocenters. The van der Waals surface area contributed by atoms with Crippen molar-refractivity contribution in [3.05, 3.63) is 42.5 Å².